The first-order valence-electron chi connectivity index (χ1n) is 3.78. The van der Waals surface area contributed by atoms with Crippen LogP contribution >= 0.6 is 0 Å². The summed E-state index contributed by atoms with van der Waals surface area (Å²) in [5.41, 5.74) is 0. The third-order valence-electron chi connectivity index (χ3n) is 1.86. The number of hydrogen-bond donors (Lipinski definition) is 1. The summed E-state index contributed by atoms with van der Waals surface area (Å²) in [6, 6.07) is 7.32. The second-order valence-electron chi connectivity index (χ2n) is 2.65. The molecule has 0 fully saturated rings. The lowest BCUT2D eigenvalue weighted by atomic mass is 10.2. The van der Waals surface area contributed by atoms with Crippen LogP contribution in [0.2, 0.25) is 0 Å². The molecule has 1 atom stereocenters. The molecule has 3 nitrogen and oxygen atoms in total. The van der Waals surface area contributed by atoms with Crippen LogP contribution in [0.1, 0.15) is 0 Å². The van der Waals surface area contributed by atoms with Crippen molar-refractivity contribution in [3.05, 3.63) is 36.7 Å². The van der Waals surface area contributed by atoms with Crippen molar-refractivity contribution in [2.45, 2.75) is 4.90 Å². The molecule has 2 rings (SSSR count). The lowest BCUT2D eigenvalue weighted by Gasteiger charge is -2.01. The maximum absolute atomic E-state index is 11.1. The number of benzene rings is 1. The Hall–Kier alpha value is -1.26. The highest BCUT2D eigenvalue weighted by molar-refractivity contribution is 7.83. The van der Waals surface area contributed by atoms with Crippen molar-refractivity contribution in [1.29, 1.82) is 0 Å². The number of pyridine rings is 1. The van der Waals surface area contributed by atoms with Gasteiger partial charge in [0, 0.05) is 23.2 Å². The molecule has 0 radical (unpaired) electrons. The number of fused-ring (bicyclic) bond motifs is 1. The third-order valence-corrected chi connectivity index (χ3v) is 2.65. The predicted octanol–water partition coefficient (Wildman–Crippen LogP) is 1.22. The van der Waals surface area contributed by atoms with Crippen molar-refractivity contribution in [2.75, 3.05) is 0 Å². The fourth-order valence-corrected chi connectivity index (χ4v) is 1.88. The number of nitrogens with two attached hydrogens (primary N) is 1. The Morgan fingerprint density at radius 1 is 1.31 bits per heavy atom. The highest BCUT2D eigenvalue weighted by atomic mass is 32.2. The summed E-state index contributed by atoms with van der Waals surface area (Å²) in [6.45, 7) is 0. The van der Waals surface area contributed by atoms with Crippen LogP contribution in [0.15, 0.2) is 41.6 Å². The molecule has 0 saturated carbocycles. The molecule has 0 bridgehead atoms. The number of rotatable bonds is 1. The summed E-state index contributed by atoms with van der Waals surface area (Å²) in [5.74, 6) is 0. The molecule has 13 heavy (non-hydrogen) atoms. The van der Waals surface area contributed by atoms with Gasteiger partial charge in [-0.1, -0.05) is 12.1 Å². The van der Waals surface area contributed by atoms with Gasteiger partial charge in [0.1, 0.15) is 11.0 Å². The number of aromatic nitrogens is 1. The first kappa shape index (κ1) is 8.34. The summed E-state index contributed by atoms with van der Waals surface area (Å²) in [7, 11) is -1.43. The van der Waals surface area contributed by atoms with Crippen LogP contribution in [0.3, 0.4) is 0 Å². The minimum Gasteiger partial charge on any atom is -0.264 e. The molecule has 0 amide bonds. The molecule has 0 aliphatic carbocycles. The molecule has 0 saturated heterocycles. The third kappa shape index (κ3) is 1.46. The number of nitrogens with zero attached hydrogens (tertiary/aromatic N) is 1. The van der Waals surface area contributed by atoms with Gasteiger partial charge in [-0.2, -0.15) is 0 Å². The van der Waals surface area contributed by atoms with E-state index < -0.39 is 11.0 Å². The van der Waals surface area contributed by atoms with Crippen molar-refractivity contribution in [3.63, 3.8) is 0 Å². The molecule has 0 aliphatic rings. The van der Waals surface area contributed by atoms with Crippen molar-refractivity contribution in [2.24, 2.45) is 5.14 Å². The van der Waals surface area contributed by atoms with Crippen molar-refractivity contribution in [3.8, 4) is 0 Å². The predicted molar refractivity (Wildman–Crippen MR) is 52.3 cm³/mol. The van der Waals surface area contributed by atoms with Gasteiger partial charge in [-0.25, -0.2) is 9.35 Å². The van der Waals surface area contributed by atoms with Crippen LogP contribution in [-0.2, 0) is 11.0 Å². The van der Waals surface area contributed by atoms with E-state index in [0.29, 0.717) is 4.90 Å². The highest BCUT2D eigenvalue weighted by Crippen LogP contribution is 2.18. The average Bonchev–Trinajstić information content (AvgIpc) is 2.17. The Morgan fingerprint density at radius 3 is 2.92 bits per heavy atom. The topological polar surface area (TPSA) is 56.0 Å². The van der Waals surface area contributed by atoms with Gasteiger partial charge in [0.2, 0.25) is 0 Å². The van der Waals surface area contributed by atoms with E-state index >= 15 is 0 Å². The van der Waals surface area contributed by atoms with Crippen molar-refractivity contribution < 1.29 is 4.21 Å². The molecule has 1 unspecified atom stereocenters. The quantitative estimate of drug-likeness (QED) is 0.738. The van der Waals surface area contributed by atoms with Gasteiger partial charge in [-0.05, 0) is 12.1 Å². The maximum Gasteiger partial charge on any atom is 0.122 e. The first-order chi connectivity index (χ1) is 6.29. The minimum atomic E-state index is -1.43. The average molecular weight is 192 g/mol. The minimum absolute atomic E-state index is 0.653. The summed E-state index contributed by atoms with van der Waals surface area (Å²) in [6.07, 6.45) is 3.39. The van der Waals surface area contributed by atoms with Crippen LogP contribution in [-0.4, -0.2) is 9.19 Å². The fraction of sp³-hybridized carbons (Fsp3) is 0. The molecule has 0 spiro atoms. The van der Waals surface area contributed by atoms with E-state index in [0.717, 1.165) is 10.8 Å². The second kappa shape index (κ2) is 3.24. The Kier molecular flexibility index (Phi) is 2.08. The van der Waals surface area contributed by atoms with E-state index in [1.165, 1.54) is 0 Å². The van der Waals surface area contributed by atoms with Gasteiger partial charge in [0.05, 0.1) is 4.90 Å². The van der Waals surface area contributed by atoms with E-state index in [1.54, 1.807) is 18.5 Å². The van der Waals surface area contributed by atoms with E-state index in [9.17, 15) is 4.21 Å². The van der Waals surface area contributed by atoms with Crippen LogP contribution in [0, 0.1) is 0 Å². The lowest BCUT2D eigenvalue weighted by molar-refractivity contribution is 0.685. The standard InChI is InChI=1S/C9H8N2OS/c10-13(12)9-3-1-2-7-6-11-5-4-8(7)9/h1-6H,10H2. The van der Waals surface area contributed by atoms with Crippen molar-refractivity contribution in [1.82, 2.24) is 4.98 Å². The molecule has 1 aromatic heterocycles. The Bertz CT molecular complexity index is 465. The van der Waals surface area contributed by atoms with Gasteiger partial charge in [-0.15, -0.1) is 0 Å². The summed E-state index contributed by atoms with van der Waals surface area (Å²) >= 11 is 0. The second-order valence-corrected chi connectivity index (χ2v) is 3.69. The smallest absolute Gasteiger partial charge is 0.122 e. The van der Waals surface area contributed by atoms with Gasteiger partial charge in [-0.3, -0.25) is 4.98 Å². The van der Waals surface area contributed by atoms with Gasteiger partial charge in [0.15, 0.2) is 0 Å². The van der Waals surface area contributed by atoms with Gasteiger partial charge in [0.25, 0.3) is 0 Å². The lowest BCUT2D eigenvalue weighted by Crippen LogP contribution is -2.02. The summed E-state index contributed by atoms with van der Waals surface area (Å²) < 4.78 is 11.1. The molecule has 4 heteroatoms. The van der Waals surface area contributed by atoms with Crippen LogP contribution in [0.5, 0.6) is 0 Å². The Morgan fingerprint density at radius 2 is 2.15 bits per heavy atom. The van der Waals surface area contributed by atoms with Gasteiger partial charge < -0.3 is 0 Å². The van der Waals surface area contributed by atoms with E-state index in [4.69, 9.17) is 5.14 Å². The van der Waals surface area contributed by atoms with E-state index in [1.807, 2.05) is 18.2 Å². The van der Waals surface area contributed by atoms with E-state index in [-0.39, 0.29) is 0 Å². The molecule has 66 valence electrons. The molecule has 1 aromatic carbocycles. The molecular formula is C9H8N2OS. The SMILES string of the molecule is NS(=O)c1cccc2cnccc12. The highest BCUT2D eigenvalue weighted by Gasteiger charge is 2.02. The molecule has 2 N–H and O–H groups in total. The van der Waals surface area contributed by atoms with Crippen LogP contribution < -0.4 is 5.14 Å². The zero-order chi connectivity index (χ0) is 9.26. The monoisotopic (exact) mass is 192 g/mol. The Labute approximate surface area is 78.2 Å². The summed E-state index contributed by atoms with van der Waals surface area (Å²) in [4.78, 5) is 4.63. The Balaban J connectivity index is 2.83. The van der Waals surface area contributed by atoms with Crippen LogP contribution in [0.4, 0.5) is 0 Å². The zero-order valence-electron chi connectivity index (χ0n) is 6.81. The fourth-order valence-electron chi connectivity index (χ4n) is 1.27. The first-order valence-corrected chi connectivity index (χ1v) is 4.99. The number of hydrogen-bond acceptors (Lipinski definition) is 2. The largest absolute Gasteiger partial charge is 0.264 e. The molecule has 2 aromatic rings. The summed E-state index contributed by atoms with van der Waals surface area (Å²) in [5, 5.41) is 7.19. The van der Waals surface area contributed by atoms with Crippen molar-refractivity contribution >= 4 is 21.8 Å². The van der Waals surface area contributed by atoms with Gasteiger partial charge >= 0.3 is 0 Å². The molecular weight excluding hydrogens is 184 g/mol. The van der Waals surface area contributed by atoms with Crippen LogP contribution in [0.25, 0.3) is 10.8 Å². The zero-order valence-corrected chi connectivity index (χ0v) is 7.62. The molecule has 0 aliphatic heterocycles. The van der Waals surface area contributed by atoms with E-state index in [2.05, 4.69) is 4.98 Å². The normalized spacial score (nSPS) is 13.0. The maximum atomic E-state index is 11.1. The molecule has 1 heterocycles.